The van der Waals surface area contributed by atoms with Crippen LogP contribution in [0.2, 0.25) is 0 Å². The minimum Gasteiger partial charge on any atom is -0.321 e. The van der Waals surface area contributed by atoms with Crippen LogP contribution in [0.1, 0.15) is 30.6 Å². The lowest BCUT2D eigenvalue weighted by atomic mass is 9.95. The monoisotopic (exact) mass is 241 g/mol. The van der Waals surface area contributed by atoms with Crippen LogP contribution in [-0.2, 0) is 0 Å². The summed E-state index contributed by atoms with van der Waals surface area (Å²) >= 11 is 0. The first kappa shape index (κ1) is 12.8. The van der Waals surface area contributed by atoms with E-state index in [1.54, 1.807) is 0 Å². The predicted molar refractivity (Wildman–Crippen MR) is 75.7 cm³/mol. The molecule has 2 heteroatoms. The fraction of sp³-hybridized carbons (Fsp3) is 0.312. The van der Waals surface area contributed by atoms with Crippen molar-refractivity contribution in [1.29, 1.82) is 0 Å². The Labute approximate surface area is 108 Å². The van der Waals surface area contributed by atoms with Gasteiger partial charge >= 0.3 is 0 Å². The number of Topliss-reactive ketones (excluding diaryl/α,β-unsaturated/α-hetero) is 1. The SMILES string of the molecule is CC(C)CC(N)C(=O)c1ccc2ccccc2c1. The molecule has 0 amide bonds. The minimum atomic E-state index is -0.397. The molecule has 0 aliphatic carbocycles. The van der Waals surface area contributed by atoms with E-state index in [0.29, 0.717) is 11.5 Å². The van der Waals surface area contributed by atoms with E-state index < -0.39 is 6.04 Å². The Morgan fingerprint density at radius 3 is 2.44 bits per heavy atom. The lowest BCUT2D eigenvalue weighted by Gasteiger charge is -2.13. The normalized spacial score (nSPS) is 12.9. The molecular formula is C16H19NO. The van der Waals surface area contributed by atoms with Crippen LogP contribution < -0.4 is 5.73 Å². The van der Waals surface area contributed by atoms with Crippen molar-refractivity contribution in [3.05, 3.63) is 48.0 Å². The molecule has 2 nitrogen and oxygen atoms in total. The van der Waals surface area contributed by atoms with Crippen LogP contribution in [0.25, 0.3) is 10.8 Å². The second kappa shape index (κ2) is 5.32. The summed E-state index contributed by atoms with van der Waals surface area (Å²) in [7, 11) is 0. The van der Waals surface area contributed by atoms with Gasteiger partial charge in [-0.1, -0.05) is 50.2 Å². The number of nitrogens with two attached hydrogens (primary N) is 1. The molecule has 2 aromatic carbocycles. The number of carbonyl (C=O) groups is 1. The summed E-state index contributed by atoms with van der Waals surface area (Å²) in [6.45, 7) is 4.15. The van der Waals surface area contributed by atoms with Gasteiger partial charge in [0.15, 0.2) is 5.78 Å². The van der Waals surface area contributed by atoms with E-state index in [-0.39, 0.29) is 5.78 Å². The van der Waals surface area contributed by atoms with Gasteiger partial charge in [0.05, 0.1) is 6.04 Å². The highest BCUT2D eigenvalue weighted by Crippen LogP contribution is 2.17. The minimum absolute atomic E-state index is 0.0365. The lowest BCUT2D eigenvalue weighted by Crippen LogP contribution is -2.31. The molecule has 94 valence electrons. The third-order valence-corrected chi connectivity index (χ3v) is 3.10. The highest BCUT2D eigenvalue weighted by atomic mass is 16.1. The maximum Gasteiger partial charge on any atom is 0.179 e. The molecular weight excluding hydrogens is 222 g/mol. The van der Waals surface area contributed by atoms with Gasteiger partial charge in [0.25, 0.3) is 0 Å². The van der Waals surface area contributed by atoms with Crippen molar-refractivity contribution in [2.75, 3.05) is 0 Å². The Kier molecular flexibility index (Phi) is 3.78. The van der Waals surface area contributed by atoms with Crippen molar-refractivity contribution < 1.29 is 4.79 Å². The van der Waals surface area contributed by atoms with Crippen molar-refractivity contribution in [2.45, 2.75) is 26.3 Å². The zero-order valence-corrected chi connectivity index (χ0v) is 10.9. The molecule has 18 heavy (non-hydrogen) atoms. The van der Waals surface area contributed by atoms with Crippen LogP contribution in [0.5, 0.6) is 0 Å². The fourth-order valence-electron chi connectivity index (χ4n) is 2.17. The van der Waals surface area contributed by atoms with Crippen LogP contribution >= 0.6 is 0 Å². The zero-order valence-electron chi connectivity index (χ0n) is 10.9. The van der Waals surface area contributed by atoms with Crippen LogP contribution in [-0.4, -0.2) is 11.8 Å². The van der Waals surface area contributed by atoms with E-state index in [9.17, 15) is 4.79 Å². The first-order valence-electron chi connectivity index (χ1n) is 6.36. The van der Waals surface area contributed by atoms with Gasteiger partial charge < -0.3 is 5.73 Å². The van der Waals surface area contributed by atoms with Gasteiger partial charge in [-0.2, -0.15) is 0 Å². The first-order chi connectivity index (χ1) is 8.58. The lowest BCUT2D eigenvalue weighted by molar-refractivity contribution is 0.0951. The van der Waals surface area contributed by atoms with Gasteiger partial charge in [0.2, 0.25) is 0 Å². The molecule has 2 aromatic rings. The van der Waals surface area contributed by atoms with E-state index in [4.69, 9.17) is 5.73 Å². The largest absolute Gasteiger partial charge is 0.321 e. The summed E-state index contributed by atoms with van der Waals surface area (Å²) in [4.78, 5) is 12.2. The third kappa shape index (κ3) is 2.77. The molecule has 2 rings (SSSR count). The Morgan fingerprint density at radius 2 is 1.78 bits per heavy atom. The van der Waals surface area contributed by atoms with Gasteiger partial charge in [0, 0.05) is 5.56 Å². The molecule has 0 aromatic heterocycles. The third-order valence-electron chi connectivity index (χ3n) is 3.10. The molecule has 0 radical (unpaired) electrons. The molecule has 0 spiro atoms. The Hall–Kier alpha value is -1.67. The summed E-state index contributed by atoms with van der Waals surface area (Å²) in [5, 5.41) is 2.23. The Balaban J connectivity index is 2.28. The van der Waals surface area contributed by atoms with Crippen molar-refractivity contribution in [2.24, 2.45) is 11.7 Å². The topological polar surface area (TPSA) is 43.1 Å². The van der Waals surface area contributed by atoms with Crippen molar-refractivity contribution >= 4 is 16.6 Å². The highest BCUT2D eigenvalue weighted by molar-refractivity contribution is 6.02. The smallest absolute Gasteiger partial charge is 0.179 e. The Morgan fingerprint density at radius 1 is 1.11 bits per heavy atom. The zero-order chi connectivity index (χ0) is 13.1. The molecule has 0 fully saturated rings. The summed E-state index contributed by atoms with van der Waals surface area (Å²) in [6.07, 6.45) is 0.728. The van der Waals surface area contributed by atoms with E-state index in [1.165, 1.54) is 0 Å². The molecule has 1 unspecified atom stereocenters. The second-order valence-corrected chi connectivity index (χ2v) is 5.16. The van der Waals surface area contributed by atoms with Gasteiger partial charge in [-0.15, -0.1) is 0 Å². The van der Waals surface area contributed by atoms with E-state index in [0.717, 1.165) is 17.2 Å². The van der Waals surface area contributed by atoms with Gasteiger partial charge in [0.1, 0.15) is 0 Å². The van der Waals surface area contributed by atoms with E-state index in [1.807, 2.05) is 42.5 Å². The van der Waals surface area contributed by atoms with Gasteiger partial charge in [-0.25, -0.2) is 0 Å². The molecule has 0 aliphatic rings. The molecule has 0 bridgehead atoms. The number of benzene rings is 2. The maximum atomic E-state index is 12.2. The summed E-state index contributed by atoms with van der Waals surface area (Å²) in [6, 6.07) is 13.4. The average molecular weight is 241 g/mol. The number of hydrogen-bond acceptors (Lipinski definition) is 2. The number of carbonyl (C=O) groups excluding carboxylic acids is 1. The molecule has 0 saturated heterocycles. The number of hydrogen-bond donors (Lipinski definition) is 1. The van der Waals surface area contributed by atoms with Crippen molar-refractivity contribution in [1.82, 2.24) is 0 Å². The summed E-state index contributed by atoms with van der Waals surface area (Å²) in [5.41, 5.74) is 6.65. The highest BCUT2D eigenvalue weighted by Gasteiger charge is 2.16. The van der Waals surface area contributed by atoms with Crippen LogP contribution in [0.3, 0.4) is 0 Å². The second-order valence-electron chi connectivity index (χ2n) is 5.16. The first-order valence-corrected chi connectivity index (χ1v) is 6.36. The summed E-state index contributed by atoms with van der Waals surface area (Å²) < 4.78 is 0. The van der Waals surface area contributed by atoms with Crippen LogP contribution in [0.4, 0.5) is 0 Å². The number of fused-ring (bicyclic) bond motifs is 1. The van der Waals surface area contributed by atoms with Gasteiger partial charge in [-0.3, -0.25) is 4.79 Å². The van der Waals surface area contributed by atoms with Crippen LogP contribution in [0.15, 0.2) is 42.5 Å². The molecule has 0 heterocycles. The predicted octanol–water partition coefficient (Wildman–Crippen LogP) is 3.40. The van der Waals surface area contributed by atoms with Crippen LogP contribution in [0, 0.1) is 5.92 Å². The Bertz CT molecular complexity index is 560. The standard InChI is InChI=1S/C16H19NO/c1-11(2)9-15(17)16(18)14-8-7-12-5-3-4-6-13(12)10-14/h3-8,10-11,15H,9,17H2,1-2H3. The summed E-state index contributed by atoms with van der Waals surface area (Å²) in [5.74, 6) is 0.471. The molecule has 1 atom stereocenters. The van der Waals surface area contributed by atoms with Crippen molar-refractivity contribution in [3.8, 4) is 0 Å². The average Bonchev–Trinajstić information content (AvgIpc) is 2.36. The molecule has 2 N–H and O–H groups in total. The maximum absolute atomic E-state index is 12.2. The van der Waals surface area contributed by atoms with E-state index >= 15 is 0 Å². The quantitative estimate of drug-likeness (QED) is 0.834. The molecule has 0 saturated carbocycles. The van der Waals surface area contributed by atoms with Crippen molar-refractivity contribution in [3.63, 3.8) is 0 Å². The fourth-order valence-corrected chi connectivity index (χ4v) is 2.17. The van der Waals surface area contributed by atoms with Gasteiger partial charge in [-0.05, 0) is 29.2 Å². The van der Waals surface area contributed by atoms with E-state index in [2.05, 4.69) is 13.8 Å². The molecule has 0 aliphatic heterocycles. The number of ketones is 1. The number of rotatable bonds is 4.